The number of nitrogens with zero attached hydrogens (tertiary/aromatic N) is 2. The molecule has 0 bridgehead atoms. The fraction of sp³-hybridized carbons (Fsp3) is 0.412. The second kappa shape index (κ2) is 9.48. The molecule has 0 saturated carbocycles. The van der Waals surface area contributed by atoms with Crippen LogP contribution in [0.3, 0.4) is 0 Å². The van der Waals surface area contributed by atoms with Crippen LogP contribution >= 0.6 is 22.9 Å². The number of hydrogen-bond acceptors (Lipinski definition) is 5. The molecule has 0 saturated heterocycles. The topological polar surface area (TPSA) is 84.0 Å². The van der Waals surface area contributed by atoms with Crippen molar-refractivity contribution in [3.8, 4) is 0 Å². The van der Waals surface area contributed by atoms with E-state index in [1.165, 1.54) is 11.3 Å². The van der Waals surface area contributed by atoms with Crippen LogP contribution in [0.2, 0.25) is 5.02 Å². The van der Waals surface area contributed by atoms with Crippen LogP contribution in [0.15, 0.2) is 24.3 Å². The van der Waals surface area contributed by atoms with Crippen molar-refractivity contribution >= 4 is 39.9 Å². The number of carbonyl (C=O) groups is 2. The van der Waals surface area contributed by atoms with Crippen molar-refractivity contribution in [1.29, 1.82) is 0 Å². The Balaban J connectivity index is 1.81. The second-order valence-corrected chi connectivity index (χ2v) is 7.13. The van der Waals surface area contributed by atoms with Crippen LogP contribution in [-0.4, -0.2) is 28.6 Å². The summed E-state index contributed by atoms with van der Waals surface area (Å²) in [6.45, 7) is 4.35. The Morgan fingerprint density at radius 2 is 2.04 bits per heavy atom. The van der Waals surface area contributed by atoms with E-state index in [0.29, 0.717) is 28.7 Å². The molecule has 134 valence electrons. The molecule has 1 heterocycles. The van der Waals surface area contributed by atoms with Crippen molar-refractivity contribution in [1.82, 2.24) is 15.5 Å². The molecule has 0 aliphatic heterocycles. The molecule has 1 atom stereocenters. The molecule has 1 aromatic heterocycles. The highest BCUT2D eigenvalue weighted by atomic mass is 35.5. The summed E-state index contributed by atoms with van der Waals surface area (Å²) in [7, 11) is 0. The molecular weight excluding hydrogens is 360 g/mol. The molecule has 8 heteroatoms. The number of benzene rings is 1. The highest BCUT2D eigenvalue weighted by Gasteiger charge is 2.14. The molecule has 6 nitrogen and oxygen atoms in total. The van der Waals surface area contributed by atoms with Crippen LogP contribution in [0.5, 0.6) is 0 Å². The van der Waals surface area contributed by atoms with Crippen molar-refractivity contribution in [2.24, 2.45) is 5.92 Å². The van der Waals surface area contributed by atoms with Gasteiger partial charge in [0, 0.05) is 18.9 Å². The zero-order chi connectivity index (χ0) is 18.2. The normalized spacial score (nSPS) is 11.8. The van der Waals surface area contributed by atoms with Gasteiger partial charge in [-0.1, -0.05) is 55.3 Å². The number of hydrogen-bond donors (Lipinski definition) is 2. The Morgan fingerprint density at radius 3 is 2.76 bits per heavy atom. The zero-order valence-corrected chi connectivity index (χ0v) is 15.8. The summed E-state index contributed by atoms with van der Waals surface area (Å²) in [6, 6.07) is 6.89. The minimum absolute atomic E-state index is 0.0448. The molecule has 0 radical (unpaired) electrons. The maximum Gasteiger partial charge on any atom is 0.252 e. The number of nitrogens with one attached hydrogen (secondary N) is 2. The van der Waals surface area contributed by atoms with E-state index in [-0.39, 0.29) is 17.7 Å². The zero-order valence-electron chi connectivity index (χ0n) is 14.2. The largest absolute Gasteiger partial charge is 0.352 e. The van der Waals surface area contributed by atoms with E-state index >= 15 is 0 Å². The number of aromatic nitrogens is 2. The fourth-order valence-corrected chi connectivity index (χ4v) is 3.19. The summed E-state index contributed by atoms with van der Waals surface area (Å²) in [5.41, 5.74) is 0.444. The smallest absolute Gasteiger partial charge is 0.252 e. The monoisotopic (exact) mass is 380 g/mol. The first-order chi connectivity index (χ1) is 12.0. The SMILES string of the molecule is CCCC(C)C(=O)Nc1nnc(CCNC(=O)c2ccccc2Cl)s1. The van der Waals surface area contributed by atoms with Gasteiger partial charge in [0.05, 0.1) is 10.6 Å². The van der Waals surface area contributed by atoms with E-state index in [4.69, 9.17) is 11.6 Å². The van der Waals surface area contributed by atoms with Gasteiger partial charge in [-0.15, -0.1) is 10.2 Å². The van der Waals surface area contributed by atoms with Gasteiger partial charge in [-0.2, -0.15) is 0 Å². The third-order valence-electron chi connectivity index (χ3n) is 3.61. The molecule has 0 aliphatic carbocycles. The van der Waals surface area contributed by atoms with Gasteiger partial charge in [-0.25, -0.2) is 0 Å². The average Bonchev–Trinajstić information content (AvgIpc) is 3.02. The number of rotatable bonds is 8. The van der Waals surface area contributed by atoms with Crippen LogP contribution in [0.25, 0.3) is 0 Å². The first kappa shape index (κ1) is 19.3. The molecule has 2 amide bonds. The summed E-state index contributed by atoms with van der Waals surface area (Å²) in [5.74, 6) is -0.319. The first-order valence-electron chi connectivity index (χ1n) is 8.17. The summed E-state index contributed by atoms with van der Waals surface area (Å²) in [6.07, 6.45) is 2.33. The highest BCUT2D eigenvalue weighted by molar-refractivity contribution is 7.15. The highest BCUT2D eigenvalue weighted by Crippen LogP contribution is 2.18. The Kier molecular flexibility index (Phi) is 7.33. The van der Waals surface area contributed by atoms with E-state index in [1.54, 1.807) is 24.3 Å². The lowest BCUT2D eigenvalue weighted by Gasteiger charge is -2.08. The lowest BCUT2D eigenvalue weighted by Crippen LogP contribution is -2.25. The van der Waals surface area contributed by atoms with Crippen LogP contribution in [0.4, 0.5) is 5.13 Å². The molecule has 1 aromatic carbocycles. The molecular formula is C17H21ClN4O2S. The van der Waals surface area contributed by atoms with Gasteiger partial charge in [-0.05, 0) is 18.6 Å². The Hall–Kier alpha value is -1.99. The third-order valence-corrected chi connectivity index (χ3v) is 4.84. The van der Waals surface area contributed by atoms with Gasteiger partial charge in [0.25, 0.3) is 5.91 Å². The second-order valence-electron chi connectivity index (χ2n) is 5.67. The molecule has 0 aliphatic rings. The van der Waals surface area contributed by atoms with Crippen LogP contribution in [0.1, 0.15) is 42.1 Å². The van der Waals surface area contributed by atoms with Crippen molar-refractivity contribution < 1.29 is 9.59 Å². The third kappa shape index (κ3) is 5.79. The minimum atomic E-state index is -0.225. The predicted molar refractivity (Wildman–Crippen MR) is 100 cm³/mol. The van der Waals surface area contributed by atoms with E-state index in [2.05, 4.69) is 20.8 Å². The summed E-state index contributed by atoms with van der Waals surface area (Å²) >= 11 is 7.31. The minimum Gasteiger partial charge on any atom is -0.352 e. The van der Waals surface area contributed by atoms with Gasteiger partial charge < -0.3 is 10.6 Å². The maximum absolute atomic E-state index is 12.1. The predicted octanol–water partition coefficient (Wildman–Crippen LogP) is 3.54. The van der Waals surface area contributed by atoms with Gasteiger partial charge in [0.2, 0.25) is 11.0 Å². The Bertz CT molecular complexity index is 735. The molecule has 25 heavy (non-hydrogen) atoms. The van der Waals surface area contributed by atoms with Crippen LogP contribution < -0.4 is 10.6 Å². The molecule has 1 unspecified atom stereocenters. The molecule has 2 rings (SSSR count). The molecule has 2 N–H and O–H groups in total. The van der Waals surface area contributed by atoms with E-state index in [1.807, 2.05) is 13.8 Å². The standard InChI is InChI=1S/C17H21ClN4O2S/c1-3-6-11(2)15(23)20-17-22-21-14(25-17)9-10-19-16(24)12-7-4-5-8-13(12)18/h4-5,7-8,11H,3,6,9-10H2,1-2H3,(H,19,24)(H,20,22,23). The first-order valence-corrected chi connectivity index (χ1v) is 9.36. The van der Waals surface area contributed by atoms with Crippen molar-refractivity contribution in [2.45, 2.75) is 33.1 Å². The molecule has 0 fully saturated rings. The fourth-order valence-electron chi connectivity index (χ4n) is 2.22. The van der Waals surface area contributed by atoms with E-state index in [9.17, 15) is 9.59 Å². The molecule has 2 aromatic rings. The number of anilines is 1. The van der Waals surface area contributed by atoms with Gasteiger partial charge in [0.15, 0.2) is 0 Å². The van der Waals surface area contributed by atoms with Crippen molar-refractivity contribution in [2.75, 3.05) is 11.9 Å². The number of carbonyl (C=O) groups excluding carboxylic acids is 2. The van der Waals surface area contributed by atoms with Gasteiger partial charge >= 0.3 is 0 Å². The van der Waals surface area contributed by atoms with Crippen LogP contribution in [0, 0.1) is 5.92 Å². The lowest BCUT2D eigenvalue weighted by molar-refractivity contribution is -0.119. The molecule has 0 spiro atoms. The van der Waals surface area contributed by atoms with Crippen molar-refractivity contribution in [3.05, 3.63) is 39.9 Å². The summed E-state index contributed by atoms with van der Waals surface area (Å²) in [5, 5.41) is 15.2. The number of amides is 2. The van der Waals surface area contributed by atoms with Crippen molar-refractivity contribution in [3.63, 3.8) is 0 Å². The lowest BCUT2D eigenvalue weighted by atomic mass is 10.1. The maximum atomic E-state index is 12.1. The average molecular weight is 381 g/mol. The Morgan fingerprint density at radius 1 is 1.28 bits per heavy atom. The number of halogens is 1. The summed E-state index contributed by atoms with van der Waals surface area (Å²) in [4.78, 5) is 24.0. The van der Waals surface area contributed by atoms with E-state index < -0.39 is 0 Å². The van der Waals surface area contributed by atoms with Gasteiger partial charge in [0.1, 0.15) is 5.01 Å². The van der Waals surface area contributed by atoms with Gasteiger partial charge in [-0.3, -0.25) is 9.59 Å². The Labute approximate surface area is 156 Å². The summed E-state index contributed by atoms with van der Waals surface area (Å²) < 4.78 is 0. The van der Waals surface area contributed by atoms with Crippen LogP contribution in [-0.2, 0) is 11.2 Å². The quantitative estimate of drug-likeness (QED) is 0.733. The van der Waals surface area contributed by atoms with E-state index in [0.717, 1.165) is 17.8 Å².